The summed E-state index contributed by atoms with van der Waals surface area (Å²) in [6, 6.07) is 5.77. The van der Waals surface area contributed by atoms with E-state index in [1.807, 2.05) is 0 Å². The van der Waals surface area contributed by atoms with Crippen LogP contribution < -0.4 is 20.7 Å². The SMILES string of the molecule is CC(=O)Nc1cc(Oc2ccc(NC(=O)NC(=O)C3CCOC3)nc2C)ccn1. The zero-order valence-corrected chi connectivity index (χ0v) is 16.0. The molecule has 2 aromatic rings. The number of urea groups is 1. The Morgan fingerprint density at radius 3 is 2.69 bits per heavy atom. The minimum atomic E-state index is -0.656. The van der Waals surface area contributed by atoms with Crippen molar-refractivity contribution in [3.05, 3.63) is 36.2 Å². The lowest BCUT2D eigenvalue weighted by Gasteiger charge is -2.12. The molecular formula is C19H21N5O5. The van der Waals surface area contributed by atoms with Gasteiger partial charge in [-0.05, 0) is 31.5 Å². The third kappa shape index (κ3) is 5.72. The predicted molar refractivity (Wildman–Crippen MR) is 104 cm³/mol. The number of imide groups is 1. The fourth-order valence-electron chi connectivity index (χ4n) is 2.68. The molecule has 29 heavy (non-hydrogen) atoms. The largest absolute Gasteiger partial charge is 0.455 e. The number of hydrogen-bond donors (Lipinski definition) is 3. The van der Waals surface area contributed by atoms with Crippen molar-refractivity contribution < 1.29 is 23.9 Å². The van der Waals surface area contributed by atoms with Crippen LogP contribution in [0.3, 0.4) is 0 Å². The van der Waals surface area contributed by atoms with Gasteiger partial charge in [-0.2, -0.15) is 0 Å². The number of pyridine rings is 2. The van der Waals surface area contributed by atoms with E-state index in [2.05, 4.69) is 25.9 Å². The summed E-state index contributed by atoms with van der Waals surface area (Å²) in [7, 11) is 0. The van der Waals surface area contributed by atoms with E-state index in [1.54, 1.807) is 31.2 Å². The van der Waals surface area contributed by atoms with Crippen molar-refractivity contribution in [2.45, 2.75) is 20.3 Å². The normalized spacial score (nSPS) is 15.4. The molecule has 4 amide bonds. The van der Waals surface area contributed by atoms with E-state index in [0.717, 1.165) is 0 Å². The number of aromatic nitrogens is 2. The van der Waals surface area contributed by atoms with Gasteiger partial charge in [-0.1, -0.05) is 0 Å². The number of nitrogens with zero attached hydrogens (tertiary/aromatic N) is 2. The maximum atomic E-state index is 12.0. The summed E-state index contributed by atoms with van der Waals surface area (Å²) in [5.74, 6) is 0.662. The Bertz CT molecular complexity index is 927. The zero-order valence-electron chi connectivity index (χ0n) is 16.0. The Morgan fingerprint density at radius 1 is 1.17 bits per heavy atom. The molecule has 1 saturated heterocycles. The number of ether oxygens (including phenoxy) is 2. The number of nitrogens with one attached hydrogen (secondary N) is 3. The molecule has 0 radical (unpaired) electrons. The maximum Gasteiger partial charge on any atom is 0.327 e. The number of amides is 4. The summed E-state index contributed by atoms with van der Waals surface area (Å²) < 4.78 is 10.9. The van der Waals surface area contributed by atoms with Gasteiger partial charge in [-0.15, -0.1) is 0 Å². The summed E-state index contributed by atoms with van der Waals surface area (Å²) in [6.45, 7) is 3.95. The third-order valence-electron chi connectivity index (χ3n) is 4.08. The van der Waals surface area contributed by atoms with Gasteiger partial charge < -0.3 is 14.8 Å². The molecule has 0 aromatic carbocycles. The Morgan fingerprint density at radius 2 is 2.00 bits per heavy atom. The van der Waals surface area contributed by atoms with Crippen molar-refractivity contribution in [1.29, 1.82) is 0 Å². The quantitative estimate of drug-likeness (QED) is 0.702. The van der Waals surface area contributed by atoms with Crippen LogP contribution in [0.5, 0.6) is 11.5 Å². The molecule has 1 fully saturated rings. The highest BCUT2D eigenvalue weighted by Gasteiger charge is 2.25. The first-order valence-corrected chi connectivity index (χ1v) is 8.99. The first kappa shape index (κ1) is 20.2. The fraction of sp³-hybridized carbons (Fsp3) is 0.316. The van der Waals surface area contributed by atoms with Crippen molar-refractivity contribution >= 4 is 29.5 Å². The van der Waals surface area contributed by atoms with E-state index in [4.69, 9.17) is 9.47 Å². The van der Waals surface area contributed by atoms with Crippen molar-refractivity contribution in [3.63, 3.8) is 0 Å². The van der Waals surface area contributed by atoms with Crippen LogP contribution in [0.15, 0.2) is 30.5 Å². The van der Waals surface area contributed by atoms with Gasteiger partial charge in [0.15, 0.2) is 0 Å². The van der Waals surface area contributed by atoms with Gasteiger partial charge in [-0.25, -0.2) is 14.8 Å². The van der Waals surface area contributed by atoms with Crippen molar-refractivity contribution in [3.8, 4) is 11.5 Å². The molecule has 0 saturated carbocycles. The van der Waals surface area contributed by atoms with E-state index in [0.29, 0.717) is 42.6 Å². The van der Waals surface area contributed by atoms with Crippen LogP contribution in [0.4, 0.5) is 16.4 Å². The van der Waals surface area contributed by atoms with E-state index >= 15 is 0 Å². The molecule has 0 spiro atoms. The number of carbonyl (C=O) groups is 3. The number of anilines is 2. The van der Waals surface area contributed by atoms with Gasteiger partial charge in [0.05, 0.1) is 18.2 Å². The summed E-state index contributed by atoms with van der Waals surface area (Å²) in [6.07, 6.45) is 2.11. The summed E-state index contributed by atoms with van der Waals surface area (Å²) in [5, 5.41) is 7.38. The minimum absolute atomic E-state index is 0.236. The van der Waals surface area contributed by atoms with Gasteiger partial charge >= 0.3 is 6.03 Å². The molecule has 3 heterocycles. The minimum Gasteiger partial charge on any atom is -0.455 e. The fourth-order valence-corrected chi connectivity index (χ4v) is 2.68. The lowest BCUT2D eigenvalue weighted by atomic mass is 10.1. The smallest absolute Gasteiger partial charge is 0.327 e. The highest BCUT2D eigenvalue weighted by molar-refractivity contribution is 6.01. The van der Waals surface area contributed by atoms with Crippen LogP contribution in [0, 0.1) is 12.8 Å². The molecule has 3 N–H and O–H groups in total. The first-order valence-electron chi connectivity index (χ1n) is 8.99. The number of hydrogen-bond acceptors (Lipinski definition) is 7. The second-order valence-electron chi connectivity index (χ2n) is 6.44. The van der Waals surface area contributed by atoms with Crippen molar-refractivity contribution in [2.24, 2.45) is 5.92 Å². The molecule has 1 aliphatic heterocycles. The van der Waals surface area contributed by atoms with Crippen LogP contribution >= 0.6 is 0 Å². The second-order valence-corrected chi connectivity index (χ2v) is 6.44. The topological polar surface area (TPSA) is 132 Å². The number of aryl methyl sites for hydroxylation is 1. The van der Waals surface area contributed by atoms with Gasteiger partial charge in [0, 0.05) is 25.8 Å². The molecule has 152 valence electrons. The van der Waals surface area contributed by atoms with E-state index in [1.165, 1.54) is 13.1 Å². The van der Waals surface area contributed by atoms with Crippen LogP contribution in [-0.2, 0) is 14.3 Å². The monoisotopic (exact) mass is 399 g/mol. The molecule has 2 aromatic heterocycles. The summed E-state index contributed by atoms with van der Waals surface area (Å²) in [4.78, 5) is 43.4. The maximum absolute atomic E-state index is 12.0. The Hall–Kier alpha value is -3.53. The lowest BCUT2D eigenvalue weighted by molar-refractivity contribution is -0.123. The third-order valence-corrected chi connectivity index (χ3v) is 4.08. The Labute approximate surface area is 167 Å². The summed E-state index contributed by atoms with van der Waals surface area (Å²) in [5.41, 5.74) is 0.524. The van der Waals surface area contributed by atoms with Crippen LogP contribution in [0.2, 0.25) is 0 Å². The molecule has 3 rings (SSSR count). The molecule has 10 nitrogen and oxygen atoms in total. The molecular weight excluding hydrogens is 378 g/mol. The highest BCUT2D eigenvalue weighted by atomic mass is 16.5. The number of carbonyl (C=O) groups excluding carboxylic acids is 3. The molecule has 10 heteroatoms. The first-order chi connectivity index (χ1) is 13.9. The summed E-state index contributed by atoms with van der Waals surface area (Å²) >= 11 is 0. The van der Waals surface area contributed by atoms with Crippen LogP contribution in [-0.4, -0.2) is 41.0 Å². The van der Waals surface area contributed by atoms with Gasteiger partial charge in [0.1, 0.15) is 23.1 Å². The second kappa shape index (κ2) is 9.11. The molecule has 1 aliphatic rings. The van der Waals surface area contributed by atoms with Gasteiger partial charge in [-0.3, -0.25) is 20.2 Å². The van der Waals surface area contributed by atoms with Gasteiger partial charge in [0.25, 0.3) is 0 Å². The van der Waals surface area contributed by atoms with Crippen molar-refractivity contribution in [1.82, 2.24) is 15.3 Å². The van der Waals surface area contributed by atoms with E-state index < -0.39 is 6.03 Å². The van der Waals surface area contributed by atoms with E-state index in [-0.39, 0.29) is 23.6 Å². The Kier molecular flexibility index (Phi) is 6.35. The number of rotatable bonds is 5. The predicted octanol–water partition coefficient (Wildman–Crippen LogP) is 2.22. The zero-order chi connectivity index (χ0) is 20.8. The van der Waals surface area contributed by atoms with Crippen LogP contribution in [0.1, 0.15) is 19.0 Å². The molecule has 1 unspecified atom stereocenters. The Balaban J connectivity index is 1.60. The lowest BCUT2D eigenvalue weighted by Crippen LogP contribution is -2.38. The highest BCUT2D eigenvalue weighted by Crippen LogP contribution is 2.26. The molecule has 0 bridgehead atoms. The van der Waals surface area contributed by atoms with Crippen LogP contribution in [0.25, 0.3) is 0 Å². The molecule has 1 atom stereocenters. The molecule has 0 aliphatic carbocycles. The van der Waals surface area contributed by atoms with E-state index in [9.17, 15) is 14.4 Å². The van der Waals surface area contributed by atoms with Crippen molar-refractivity contribution in [2.75, 3.05) is 23.8 Å². The average Bonchev–Trinajstić information content (AvgIpc) is 3.18. The average molecular weight is 399 g/mol. The standard InChI is InChI=1S/C19H21N5O5/c1-11-15(29-14-5-7-20-17(9-14)22-12(2)25)3-4-16(21-11)23-19(27)24-18(26)13-6-8-28-10-13/h3-5,7,9,13H,6,8,10H2,1-2H3,(H,20,22,25)(H2,21,23,24,26,27). The van der Waals surface area contributed by atoms with Gasteiger partial charge in [0.2, 0.25) is 11.8 Å².